The topological polar surface area (TPSA) is 66.7 Å². The summed E-state index contributed by atoms with van der Waals surface area (Å²) in [5, 5.41) is 10.7. The van der Waals surface area contributed by atoms with Gasteiger partial charge >= 0.3 is 6.18 Å². The molecule has 2 rings (SSSR count). The van der Waals surface area contributed by atoms with Crippen molar-refractivity contribution in [3.8, 4) is 5.75 Å². The second kappa shape index (κ2) is 12.0. The van der Waals surface area contributed by atoms with E-state index >= 15 is 0 Å². The molecule has 0 saturated carbocycles. The summed E-state index contributed by atoms with van der Waals surface area (Å²) in [5.41, 5.74) is 1.98. The van der Waals surface area contributed by atoms with Gasteiger partial charge in [0, 0.05) is 38.9 Å². The number of guanidine groups is 1. The van der Waals surface area contributed by atoms with Gasteiger partial charge in [0.15, 0.2) is 12.6 Å². The van der Waals surface area contributed by atoms with E-state index in [0.717, 1.165) is 11.1 Å². The van der Waals surface area contributed by atoms with Crippen molar-refractivity contribution < 1.29 is 17.9 Å². The molecule has 1 aromatic heterocycles. The van der Waals surface area contributed by atoms with Crippen molar-refractivity contribution in [1.29, 1.82) is 0 Å². The van der Waals surface area contributed by atoms with Crippen LogP contribution < -0.4 is 15.4 Å². The third kappa shape index (κ3) is 8.78. The number of nitrogens with one attached hydrogen (secondary N) is 2. The van der Waals surface area contributed by atoms with Crippen LogP contribution in [0.25, 0.3) is 0 Å². The van der Waals surface area contributed by atoms with Crippen LogP contribution >= 0.6 is 24.0 Å². The molecule has 0 spiro atoms. The predicted molar refractivity (Wildman–Crippen MR) is 121 cm³/mol. The maximum absolute atomic E-state index is 12.2. The first-order valence-electron chi connectivity index (χ1n) is 9.06. The number of benzene rings is 1. The zero-order chi connectivity index (χ0) is 21.4. The molecule has 1 aromatic carbocycles. The minimum atomic E-state index is -4.35. The van der Waals surface area contributed by atoms with E-state index in [0.29, 0.717) is 19.0 Å². The molecule has 11 heteroatoms. The van der Waals surface area contributed by atoms with Gasteiger partial charge in [0.1, 0.15) is 5.75 Å². The molecule has 7 nitrogen and oxygen atoms in total. The van der Waals surface area contributed by atoms with Crippen LogP contribution in [-0.2, 0) is 13.6 Å². The van der Waals surface area contributed by atoms with E-state index in [1.54, 1.807) is 23.9 Å². The van der Waals surface area contributed by atoms with Crippen molar-refractivity contribution in [2.24, 2.45) is 12.0 Å². The van der Waals surface area contributed by atoms with Crippen LogP contribution in [0, 0.1) is 0 Å². The summed E-state index contributed by atoms with van der Waals surface area (Å²) in [6, 6.07) is 6.58. The number of likely N-dealkylation sites (N-methyl/N-ethyl adjacent to an activating group) is 1. The summed E-state index contributed by atoms with van der Waals surface area (Å²) in [5.74, 6) is 0.803. The summed E-state index contributed by atoms with van der Waals surface area (Å²) in [7, 11) is 7.55. The van der Waals surface area contributed by atoms with Gasteiger partial charge in [-0.2, -0.15) is 18.3 Å². The fourth-order valence-electron chi connectivity index (χ4n) is 2.68. The van der Waals surface area contributed by atoms with Gasteiger partial charge < -0.3 is 20.3 Å². The van der Waals surface area contributed by atoms with Crippen LogP contribution in [0.2, 0.25) is 0 Å². The van der Waals surface area contributed by atoms with Gasteiger partial charge in [-0.1, -0.05) is 12.1 Å². The lowest BCUT2D eigenvalue weighted by Gasteiger charge is -2.24. The SMILES string of the molecule is CN=C(NCc1ccc(OCC(F)(F)F)cc1)NCC(c1cnn(C)c1)N(C)C.I. The maximum atomic E-state index is 12.2. The largest absolute Gasteiger partial charge is 0.484 e. The molecule has 2 N–H and O–H groups in total. The normalized spacial score (nSPS) is 13.0. The molecule has 30 heavy (non-hydrogen) atoms. The minimum absolute atomic E-state index is 0. The molecule has 1 atom stereocenters. The smallest absolute Gasteiger partial charge is 0.422 e. The highest BCUT2D eigenvalue weighted by atomic mass is 127. The fourth-order valence-corrected chi connectivity index (χ4v) is 2.68. The molecule has 1 heterocycles. The molecule has 0 aliphatic rings. The number of hydrogen-bond acceptors (Lipinski definition) is 4. The van der Waals surface area contributed by atoms with E-state index in [1.807, 2.05) is 33.5 Å². The zero-order valence-electron chi connectivity index (χ0n) is 17.4. The molecule has 1 unspecified atom stereocenters. The van der Waals surface area contributed by atoms with Gasteiger partial charge in [0.05, 0.1) is 12.2 Å². The number of nitrogens with zero attached hydrogens (tertiary/aromatic N) is 4. The Labute approximate surface area is 191 Å². The van der Waals surface area contributed by atoms with Crippen molar-refractivity contribution in [2.45, 2.75) is 18.8 Å². The first-order chi connectivity index (χ1) is 13.7. The number of aromatic nitrogens is 2. The first kappa shape index (κ1) is 26.0. The Hall–Kier alpha value is -2.02. The Morgan fingerprint density at radius 3 is 2.40 bits per heavy atom. The summed E-state index contributed by atoms with van der Waals surface area (Å²) in [4.78, 5) is 6.31. The van der Waals surface area contributed by atoms with Crippen molar-refractivity contribution >= 4 is 29.9 Å². The molecule has 0 saturated heterocycles. The lowest BCUT2D eigenvalue weighted by Crippen LogP contribution is -2.41. The molecule has 168 valence electrons. The summed E-state index contributed by atoms with van der Waals surface area (Å²) in [6.45, 7) is -0.202. The van der Waals surface area contributed by atoms with Crippen molar-refractivity contribution in [1.82, 2.24) is 25.3 Å². The summed E-state index contributed by atoms with van der Waals surface area (Å²) < 4.78 is 43.1. The highest BCUT2D eigenvalue weighted by molar-refractivity contribution is 14.0. The molecule has 0 radical (unpaired) electrons. The van der Waals surface area contributed by atoms with E-state index in [9.17, 15) is 13.2 Å². The zero-order valence-corrected chi connectivity index (χ0v) is 19.7. The van der Waals surface area contributed by atoms with Gasteiger partial charge in [-0.25, -0.2) is 0 Å². The fraction of sp³-hybridized carbons (Fsp3) is 0.474. The van der Waals surface area contributed by atoms with Gasteiger partial charge in [-0.15, -0.1) is 24.0 Å². The van der Waals surface area contributed by atoms with E-state index in [-0.39, 0.29) is 35.8 Å². The van der Waals surface area contributed by atoms with E-state index in [1.165, 1.54) is 12.1 Å². The van der Waals surface area contributed by atoms with Crippen LogP contribution in [0.1, 0.15) is 17.2 Å². The van der Waals surface area contributed by atoms with Crippen LogP contribution in [0.5, 0.6) is 5.75 Å². The van der Waals surface area contributed by atoms with Crippen LogP contribution in [0.3, 0.4) is 0 Å². The number of hydrogen-bond donors (Lipinski definition) is 2. The first-order valence-corrected chi connectivity index (χ1v) is 9.06. The molecule has 0 aliphatic carbocycles. The number of alkyl halides is 3. The van der Waals surface area contributed by atoms with E-state index < -0.39 is 12.8 Å². The van der Waals surface area contributed by atoms with Gasteiger partial charge in [-0.05, 0) is 31.8 Å². The number of rotatable bonds is 8. The Bertz CT molecular complexity index is 792. The maximum Gasteiger partial charge on any atom is 0.422 e. The van der Waals surface area contributed by atoms with Gasteiger partial charge in [-0.3, -0.25) is 9.67 Å². The summed E-state index contributed by atoms with van der Waals surface area (Å²) >= 11 is 0. The lowest BCUT2D eigenvalue weighted by molar-refractivity contribution is -0.153. The van der Waals surface area contributed by atoms with Gasteiger partial charge in [0.25, 0.3) is 0 Å². The highest BCUT2D eigenvalue weighted by Gasteiger charge is 2.28. The lowest BCUT2D eigenvalue weighted by atomic mass is 10.1. The second-order valence-electron chi connectivity index (χ2n) is 6.78. The second-order valence-corrected chi connectivity index (χ2v) is 6.78. The Balaban J connectivity index is 0.00000450. The Morgan fingerprint density at radius 2 is 1.90 bits per heavy atom. The number of aliphatic imine (C=N–C) groups is 1. The molecule has 0 amide bonds. The third-order valence-electron chi connectivity index (χ3n) is 4.21. The highest BCUT2D eigenvalue weighted by Crippen LogP contribution is 2.19. The van der Waals surface area contributed by atoms with E-state index in [4.69, 9.17) is 4.74 Å². The van der Waals surface area contributed by atoms with Crippen molar-refractivity contribution in [2.75, 3.05) is 34.3 Å². The third-order valence-corrected chi connectivity index (χ3v) is 4.21. The van der Waals surface area contributed by atoms with Crippen LogP contribution in [-0.4, -0.2) is 61.1 Å². The quantitative estimate of drug-likeness (QED) is 0.307. The van der Waals surface area contributed by atoms with Crippen molar-refractivity contribution in [3.05, 3.63) is 47.8 Å². The monoisotopic (exact) mass is 540 g/mol. The predicted octanol–water partition coefficient (Wildman–Crippen LogP) is 2.95. The Kier molecular flexibility index (Phi) is 10.4. The Morgan fingerprint density at radius 1 is 1.23 bits per heavy atom. The molecule has 0 aliphatic heterocycles. The van der Waals surface area contributed by atoms with Gasteiger partial charge in [0.2, 0.25) is 0 Å². The molecular weight excluding hydrogens is 512 g/mol. The molecule has 0 fully saturated rings. The standard InChI is InChI=1S/C19H27F3N6O.HI/c1-23-18(25-11-17(27(2)3)15-10-26-28(4)12-15)24-9-14-5-7-16(8-6-14)29-13-19(20,21)22;/h5-8,10,12,17H,9,11,13H2,1-4H3,(H2,23,24,25);1H. The molecule has 2 aromatic rings. The van der Waals surface area contributed by atoms with Crippen molar-refractivity contribution in [3.63, 3.8) is 0 Å². The molecule has 0 bridgehead atoms. The van der Waals surface area contributed by atoms with E-state index in [2.05, 4.69) is 25.6 Å². The van der Waals surface area contributed by atoms with Crippen LogP contribution in [0.15, 0.2) is 41.7 Å². The minimum Gasteiger partial charge on any atom is -0.484 e. The summed E-state index contributed by atoms with van der Waals surface area (Å²) in [6.07, 6.45) is -0.533. The van der Waals surface area contributed by atoms with Crippen LogP contribution in [0.4, 0.5) is 13.2 Å². The number of aryl methyl sites for hydroxylation is 1. The molecular formula is C19H28F3IN6O. The number of halogens is 4. The number of ether oxygens (including phenoxy) is 1. The average Bonchev–Trinajstić information content (AvgIpc) is 3.08. The average molecular weight is 540 g/mol.